The van der Waals surface area contributed by atoms with Crippen molar-refractivity contribution in [1.82, 2.24) is 4.90 Å². The molecule has 0 saturated heterocycles. The van der Waals surface area contributed by atoms with Gasteiger partial charge in [-0.15, -0.1) is 0 Å². The molecule has 0 unspecified atom stereocenters. The van der Waals surface area contributed by atoms with Gasteiger partial charge in [-0.1, -0.05) is 46.3 Å². The number of nitrogens with two attached hydrogens (primary N) is 1. The fourth-order valence-corrected chi connectivity index (χ4v) is 3.85. The van der Waals surface area contributed by atoms with E-state index in [4.69, 9.17) is 15.1 Å². The van der Waals surface area contributed by atoms with Gasteiger partial charge in [-0.2, -0.15) is 0 Å². The lowest BCUT2D eigenvalue weighted by atomic mass is 9.78. The number of hydrogen-bond donors (Lipinski definition) is 2. The Morgan fingerprint density at radius 2 is 2.04 bits per heavy atom. The third kappa shape index (κ3) is 4.47. The molecule has 0 aliphatic carbocycles. The van der Waals surface area contributed by atoms with Gasteiger partial charge in [-0.3, -0.25) is 0 Å². The maximum Gasteiger partial charge on any atom is 0.495 e. The highest BCUT2D eigenvalue weighted by Crippen LogP contribution is 2.33. The summed E-state index contributed by atoms with van der Waals surface area (Å²) in [5.74, 6) is 0.664. The van der Waals surface area contributed by atoms with Crippen LogP contribution in [0.4, 0.5) is 0 Å². The summed E-state index contributed by atoms with van der Waals surface area (Å²) in [6.45, 7) is 2.74. The molecule has 1 atom stereocenters. The molecular weight excluding hydrogens is 395 g/mol. The summed E-state index contributed by atoms with van der Waals surface area (Å²) in [6, 6.07) is 14.2. The smallest absolute Gasteiger partial charge is 0.494 e. The van der Waals surface area contributed by atoms with Crippen molar-refractivity contribution in [2.24, 2.45) is 5.73 Å². The minimum Gasteiger partial charge on any atom is -0.494 e. The van der Waals surface area contributed by atoms with Gasteiger partial charge in [0.1, 0.15) is 5.75 Å². The molecule has 26 heavy (non-hydrogen) atoms. The third-order valence-corrected chi connectivity index (χ3v) is 5.20. The summed E-state index contributed by atoms with van der Waals surface area (Å²) in [4.78, 5) is 2.27. The summed E-state index contributed by atoms with van der Waals surface area (Å²) < 4.78 is 12.3. The minimum absolute atomic E-state index is 0.310. The zero-order valence-electron chi connectivity index (χ0n) is 14.9. The molecule has 0 amide bonds. The van der Waals surface area contributed by atoms with E-state index in [1.807, 2.05) is 18.2 Å². The molecule has 1 aliphatic rings. The van der Waals surface area contributed by atoms with E-state index in [0.29, 0.717) is 24.4 Å². The Balaban J connectivity index is 1.54. The van der Waals surface area contributed by atoms with Crippen molar-refractivity contribution in [3.05, 3.63) is 58.1 Å². The highest BCUT2D eigenvalue weighted by Gasteiger charge is 2.38. The maximum absolute atomic E-state index is 10.2. The Labute approximate surface area is 163 Å². The van der Waals surface area contributed by atoms with Crippen LogP contribution in [0.2, 0.25) is 0 Å². The molecule has 0 spiro atoms. The lowest BCUT2D eigenvalue weighted by molar-refractivity contribution is 0.197. The molecule has 0 aromatic heterocycles. The standard InChI is InChI=1S/C19H24BBrN2O3/c1-23(13-14-6-3-2-4-7-14)10-5-11-25-16-9-8-15(21)18-17(12-22)26-20(24)19(16)18/h2-4,6-9,17,24H,5,10-13,22H2,1H3/t17-/m1/s1. The Bertz CT molecular complexity index is 732. The predicted molar refractivity (Wildman–Crippen MR) is 108 cm³/mol. The van der Waals surface area contributed by atoms with E-state index in [1.54, 1.807) is 0 Å². The van der Waals surface area contributed by atoms with Crippen molar-refractivity contribution < 1.29 is 14.4 Å². The number of halogens is 1. The van der Waals surface area contributed by atoms with E-state index in [0.717, 1.165) is 29.5 Å². The van der Waals surface area contributed by atoms with Crippen molar-refractivity contribution in [3.63, 3.8) is 0 Å². The Hall–Kier alpha value is -1.38. The highest BCUT2D eigenvalue weighted by atomic mass is 79.9. The highest BCUT2D eigenvalue weighted by molar-refractivity contribution is 9.10. The predicted octanol–water partition coefficient (Wildman–Crippen LogP) is 2.07. The SMILES string of the molecule is CN(CCCOc1ccc(Br)c2c1B(O)O[C@@H]2CN)Cc1ccccc1. The Kier molecular flexibility index (Phi) is 6.72. The average molecular weight is 419 g/mol. The number of benzene rings is 2. The van der Waals surface area contributed by atoms with Crippen molar-refractivity contribution >= 4 is 28.5 Å². The zero-order valence-corrected chi connectivity index (χ0v) is 16.5. The van der Waals surface area contributed by atoms with Gasteiger partial charge in [0, 0.05) is 29.6 Å². The van der Waals surface area contributed by atoms with E-state index in [-0.39, 0.29) is 6.10 Å². The molecule has 3 rings (SSSR count). The van der Waals surface area contributed by atoms with Gasteiger partial charge in [0.15, 0.2) is 0 Å². The van der Waals surface area contributed by atoms with Crippen molar-refractivity contribution in [2.75, 3.05) is 26.7 Å². The summed E-state index contributed by atoms with van der Waals surface area (Å²) in [5, 5.41) is 10.2. The van der Waals surface area contributed by atoms with Gasteiger partial charge in [0.2, 0.25) is 0 Å². The van der Waals surface area contributed by atoms with Crippen LogP contribution in [0.3, 0.4) is 0 Å². The van der Waals surface area contributed by atoms with Crippen LogP contribution in [0.25, 0.3) is 0 Å². The van der Waals surface area contributed by atoms with Crippen LogP contribution in [-0.4, -0.2) is 43.8 Å². The Morgan fingerprint density at radius 3 is 2.77 bits per heavy atom. The monoisotopic (exact) mass is 418 g/mol. The molecule has 0 bridgehead atoms. The topological polar surface area (TPSA) is 68.0 Å². The first-order chi connectivity index (χ1) is 12.6. The van der Waals surface area contributed by atoms with Crippen LogP contribution >= 0.6 is 15.9 Å². The zero-order chi connectivity index (χ0) is 18.5. The lowest BCUT2D eigenvalue weighted by Gasteiger charge is -2.17. The molecule has 1 aliphatic heterocycles. The number of hydrogen-bond acceptors (Lipinski definition) is 5. The first-order valence-electron chi connectivity index (χ1n) is 8.81. The summed E-state index contributed by atoms with van der Waals surface area (Å²) in [5.41, 5.74) is 8.62. The van der Waals surface area contributed by atoms with Crippen molar-refractivity contribution in [1.29, 1.82) is 0 Å². The maximum atomic E-state index is 10.2. The van der Waals surface area contributed by atoms with Crippen molar-refractivity contribution in [3.8, 4) is 5.75 Å². The van der Waals surface area contributed by atoms with Crippen LogP contribution in [0.1, 0.15) is 23.7 Å². The molecule has 0 radical (unpaired) electrons. The molecule has 2 aromatic rings. The molecule has 2 aromatic carbocycles. The summed E-state index contributed by atoms with van der Waals surface area (Å²) in [7, 11) is 1.11. The van der Waals surface area contributed by atoms with Gasteiger partial charge in [0.25, 0.3) is 0 Å². The average Bonchev–Trinajstić information content (AvgIpc) is 2.99. The number of fused-ring (bicyclic) bond motifs is 1. The van der Waals surface area contributed by atoms with E-state index < -0.39 is 7.12 Å². The van der Waals surface area contributed by atoms with Gasteiger partial charge in [0.05, 0.1) is 12.7 Å². The summed E-state index contributed by atoms with van der Waals surface area (Å²) >= 11 is 3.51. The quantitative estimate of drug-likeness (QED) is 0.507. The largest absolute Gasteiger partial charge is 0.495 e. The second-order valence-electron chi connectivity index (χ2n) is 6.51. The molecule has 138 valence electrons. The molecule has 3 N–H and O–H groups in total. The van der Waals surface area contributed by atoms with Gasteiger partial charge >= 0.3 is 7.12 Å². The van der Waals surface area contributed by atoms with E-state index in [1.165, 1.54) is 5.56 Å². The van der Waals surface area contributed by atoms with Crippen molar-refractivity contribution in [2.45, 2.75) is 19.1 Å². The second-order valence-corrected chi connectivity index (χ2v) is 7.37. The molecule has 7 heteroatoms. The van der Waals surface area contributed by atoms with Gasteiger partial charge < -0.3 is 25.0 Å². The van der Waals surface area contributed by atoms with Crippen LogP contribution in [0.5, 0.6) is 5.75 Å². The van der Waals surface area contributed by atoms with Crippen LogP contribution in [-0.2, 0) is 11.2 Å². The molecule has 0 fully saturated rings. The fourth-order valence-electron chi connectivity index (χ4n) is 3.25. The van der Waals surface area contributed by atoms with E-state index >= 15 is 0 Å². The first kappa shape index (κ1) is 19.4. The summed E-state index contributed by atoms with van der Waals surface area (Å²) in [6.07, 6.45) is 0.584. The fraction of sp³-hybridized carbons (Fsp3) is 0.368. The normalized spacial score (nSPS) is 16.2. The van der Waals surface area contributed by atoms with Crippen LogP contribution in [0.15, 0.2) is 46.9 Å². The Morgan fingerprint density at radius 1 is 1.27 bits per heavy atom. The first-order valence-corrected chi connectivity index (χ1v) is 9.60. The van der Waals surface area contributed by atoms with Gasteiger partial charge in [-0.05, 0) is 36.7 Å². The number of nitrogens with zero attached hydrogens (tertiary/aromatic N) is 1. The second kappa shape index (κ2) is 9.02. The van der Waals surface area contributed by atoms with E-state index in [2.05, 4.69) is 52.1 Å². The molecular formula is C19H24BBrN2O3. The third-order valence-electron chi connectivity index (χ3n) is 4.51. The molecule has 1 heterocycles. The van der Waals surface area contributed by atoms with E-state index in [9.17, 15) is 5.02 Å². The minimum atomic E-state index is -0.994. The van der Waals surface area contributed by atoms with Gasteiger partial charge in [-0.25, -0.2) is 0 Å². The molecule has 0 saturated carbocycles. The number of rotatable bonds is 8. The van der Waals surface area contributed by atoms with Crippen LogP contribution in [0, 0.1) is 0 Å². The lowest BCUT2D eigenvalue weighted by Crippen LogP contribution is -2.30. The van der Waals surface area contributed by atoms with Crippen LogP contribution < -0.4 is 15.9 Å². The number of ether oxygens (including phenoxy) is 1. The molecule has 5 nitrogen and oxygen atoms in total.